The lowest BCUT2D eigenvalue weighted by Gasteiger charge is -2.49. The summed E-state index contributed by atoms with van der Waals surface area (Å²) in [6.07, 6.45) is 2.47. The van der Waals surface area contributed by atoms with Crippen molar-refractivity contribution in [1.29, 1.82) is 0 Å². The van der Waals surface area contributed by atoms with Crippen LogP contribution >= 0.6 is 0 Å². The van der Waals surface area contributed by atoms with Gasteiger partial charge in [-0.1, -0.05) is 57.5 Å². The molecule has 0 aromatic heterocycles. The molecular formula is C18H30N2. The first-order valence-electron chi connectivity index (χ1n) is 8.12. The standard InChI is InChI=1S/C18H30N2/c1-5-15(3)12-20-13-17(16-10-8-7-9-11-16)19-14-18(20,4)6-2/h7-11,15,17,19H,5-6,12-14H2,1-4H3. The Morgan fingerprint density at radius 1 is 1.30 bits per heavy atom. The normalized spacial score (nSPS) is 29.3. The SMILES string of the molecule is CCC(C)CN1CC(c2ccccc2)NCC1(C)CC. The third-order valence-electron chi connectivity index (χ3n) is 5.09. The second-order valence-electron chi connectivity index (χ2n) is 6.61. The Morgan fingerprint density at radius 2 is 2.00 bits per heavy atom. The van der Waals surface area contributed by atoms with Crippen LogP contribution in [-0.4, -0.2) is 30.1 Å². The van der Waals surface area contributed by atoms with Gasteiger partial charge in [0.25, 0.3) is 0 Å². The van der Waals surface area contributed by atoms with E-state index in [2.05, 4.69) is 68.2 Å². The van der Waals surface area contributed by atoms with Crippen molar-refractivity contribution < 1.29 is 0 Å². The molecule has 1 N–H and O–H groups in total. The Bertz CT molecular complexity index is 403. The Morgan fingerprint density at radius 3 is 2.60 bits per heavy atom. The number of hydrogen-bond acceptors (Lipinski definition) is 2. The van der Waals surface area contributed by atoms with E-state index < -0.39 is 0 Å². The highest BCUT2D eigenvalue weighted by Gasteiger charge is 2.36. The molecule has 0 bridgehead atoms. The van der Waals surface area contributed by atoms with Crippen LogP contribution in [0.2, 0.25) is 0 Å². The van der Waals surface area contributed by atoms with Crippen LogP contribution in [0.25, 0.3) is 0 Å². The molecule has 20 heavy (non-hydrogen) atoms. The summed E-state index contributed by atoms with van der Waals surface area (Å²) in [5, 5.41) is 3.76. The average Bonchev–Trinajstić information content (AvgIpc) is 2.50. The highest BCUT2D eigenvalue weighted by Crippen LogP contribution is 2.29. The van der Waals surface area contributed by atoms with E-state index in [-0.39, 0.29) is 0 Å². The molecule has 1 aliphatic rings. The van der Waals surface area contributed by atoms with Crippen molar-refractivity contribution in [1.82, 2.24) is 10.2 Å². The summed E-state index contributed by atoms with van der Waals surface area (Å²) in [5.74, 6) is 0.774. The molecule has 112 valence electrons. The number of hydrogen-bond donors (Lipinski definition) is 1. The summed E-state index contributed by atoms with van der Waals surface area (Å²) < 4.78 is 0. The maximum atomic E-state index is 3.76. The zero-order valence-corrected chi connectivity index (χ0v) is 13.5. The molecule has 3 atom stereocenters. The molecule has 1 saturated heterocycles. The minimum Gasteiger partial charge on any atom is -0.307 e. The fourth-order valence-corrected chi connectivity index (χ4v) is 3.02. The summed E-state index contributed by atoms with van der Waals surface area (Å²) in [6.45, 7) is 12.8. The van der Waals surface area contributed by atoms with Gasteiger partial charge in [-0.2, -0.15) is 0 Å². The Hall–Kier alpha value is -0.860. The van der Waals surface area contributed by atoms with Gasteiger partial charge < -0.3 is 5.32 Å². The van der Waals surface area contributed by atoms with Gasteiger partial charge in [-0.3, -0.25) is 4.90 Å². The van der Waals surface area contributed by atoms with Gasteiger partial charge in [-0.25, -0.2) is 0 Å². The molecular weight excluding hydrogens is 244 g/mol. The molecule has 1 aromatic rings. The van der Waals surface area contributed by atoms with Crippen molar-refractivity contribution in [2.75, 3.05) is 19.6 Å². The molecule has 2 heteroatoms. The van der Waals surface area contributed by atoms with E-state index >= 15 is 0 Å². The van der Waals surface area contributed by atoms with Crippen LogP contribution in [0.4, 0.5) is 0 Å². The number of nitrogens with zero attached hydrogens (tertiary/aromatic N) is 1. The third-order valence-corrected chi connectivity index (χ3v) is 5.09. The average molecular weight is 274 g/mol. The fourth-order valence-electron chi connectivity index (χ4n) is 3.02. The number of nitrogens with one attached hydrogen (secondary N) is 1. The van der Waals surface area contributed by atoms with Crippen molar-refractivity contribution in [3.05, 3.63) is 35.9 Å². The maximum absolute atomic E-state index is 3.76. The smallest absolute Gasteiger partial charge is 0.0450 e. The Kier molecular flexibility index (Phi) is 5.22. The molecule has 0 aliphatic carbocycles. The van der Waals surface area contributed by atoms with Gasteiger partial charge in [-0.15, -0.1) is 0 Å². The van der Waals surface area contributed by atoms with Crippen LogP contribution < -0.4 is 5.32 Å². The zero-order chi connectivity index (χ0) is 14.6. The van der Waals surface area contributed by atoms with E-state index in [1.807, 2.05) is 0 Å². The van der Waals surface area contributed by atoms with Crippen molar-refractivity contribution in [2.24, 2.45) is 5.92 Å². The predicted octanol–water partition coefficient (Wildman–Crippen LogP) is 3.85. The zero-order valence-electron chi connectivity index (χ0n) is 13.5. The van der Waals surface area contributed by atoms with E-state index in [1.165, 1.54) is 24.9 Å². The molecule has 2 nitrogen and oxygen atoms in total. The second kappa shape index (κ2) is 6.73. The van der Waals surface area contributed by atoms with Gasteiger partial charge in [-0.05, 0) is 24.8 Å². The quantitative estimate of drug-likeness (QED) is 0.877. The minimum atomic E-state index is 0.300. The van der Waals surface area contributed by atoms with Crippen molar-refractivity contribution in [2.45, 2.75) is 52.1 Å². The van der Waals surface area contributed by atoms with Crippen LogP contribution in [0, 0.1) is 5.92 Å². The summed E-state index contributed by atoms with van der Waals surface area (Å²) >= 11 is 0. The number of rotatable bonds is 5. The summed E-state index contributed by atoms with van der Waals surface area (Å²) in [5.41, 5.74) is 1.72. The largest absolute Gasteiger partial charge is 0.307 e. The Balaban J connectivity index is 2.11. The molecule has 0 saturated carbocycles. The summed E-state index contributed by atoms with van der Waals surface area (Å²) in [6, 6.07) is 11.3. The lowest BCUT2D eigenvalue weighted by atomic mass is 9.89. The topological polar surface area (TPSA) is 15.3 Å². The molecule has 2 rings (SSSR count). The third kappa shape index (κ3) is 3.42. The summed E-state index contributed by atoms with van der Waals surface area (Å²) in [4.78, 5) is 2.72. The van der Waals surface area contributed by atoms with Crippen molar-refractivity contribution in [3.8, 4) is 0 Å². The Labute approximate surface area is 124 Å². The first kappa shape index (κ1) is 15.5. The van der Waals surface area contributed by atoms with Gasteiger partial charge in [0.2, 0.25) is 0 Å². The molecule has 0 spiro atoms. The predicted molar refractivity (Wildman–Crippen MR) is 86.9 cm³/mol. The molecule has 1 aromatic carbocycles. The van der Waals surface area contributed by atoms with E-state index in [9.17, 15) is 0 Å². The first-order chi connectivity index (χ1) is 9.59. The second-order valence-corrected chi connectivity index (χ2v) is 6.61. The first-order valence-corrected chi connectivity index (χ1v) is 8.12. The lowest BCUT2D eigenvalue weighted by Crippen LogP contribution is -2.61. The molecule has 0 amide bonds. The highest BCUT2D eigenvalue weighted by molar-refractivity contribution is 5.20. The minimum absolute atomic E-state index is 0.300. The maximum Gasteiger partial charge on any atom is 0.0450 e. The van der Waals surface area contributed by atoms with Gasteiger partial charge in [0.1, 0.15) is 0 Å². The molecule has 1 heterocycles. The number of piperazine rings is 1. The van der Waals surface area contributed by atoms with Crippen LogP contribution in [0.15, 0.2) is 30.3 Å². The fraction of sp³-hybridized carbons (Fsp3) is 0.667. The molecule has 0 radical (unpaired) electrons. The summed E-state index contributed by atoms with van der Waals surface area (Å²) in [7, 11) is 0. The van der Waals surface area contributed by atoms with Gasteiger partial charge in [0.05, 0.1) is 0 Å². The van der Waals surface area contributed by atoms with Crippen molar-refractivity contribution in [3.63, 3.8) is 0 Å². The molecule has 1 fully saturated rings. The van der Waals surface area contributed by atoms with E-state index in [1.54, 1.807) is 0 Å². The molecule has 1 aliphatic heterocycles. The lowest BCUT2D eigenvalue weighted by molar-refractivity contribution is 0.0360. The van der Waals surface area contributed by atoms with Crippen LogP contribution in [-0.2, 0) is 0 Å². The van der Waals surface area contributed by atoms with E-state index in [0.29, 0.717) is 11.6 Å². The highest BCUT2D eigenvalue weighted by atomic mass is 15.3. The van der Waals surface area contributed by atoms with E-state index in [0.717, 1.165) is 19.0 Å². The van der Waals surface area contributed by atoms with Crippen LogP contribution in [0.3, 0.4) is 0 Å². The molecule has 3 unspecified atom stereocenters. The van der Waals surface area contributed by atoms with Crippen LogP contribution in [0.5, 0.6) is 0 Å². The number of benzene rings is 1. The van der Waals surface area contributed by atoms with Gasteiger partial charge >= 0.3 is 0 Å². The van der Waals surface area contributed by atoms with E-state index in [4.69, 9.17) is 0 Å². The monoisotopic (exact) mass is 274 g/mol. The van der Waals surface area contributed by atoms with Gasteiger partial charge in [0.15, 0.2) is 0 Å². The van der Waals surface area contributed by atoms with Crippen molar-refractivity contribution >= 4 is 0 Å². The van der Waals surface area contributed by atoms with Gasteiger partial charge in [0, 0.05) is 31.2 Å². The van der Waals surface area contributed by atoms with Crippen LogP contribution in [0.1, 0.15) is 52.1 Å².